The van der Waals surface area contributed by atoms with Gasteiger partial charge < -0.3 is 5.32 Å². The maximum atomic E-state index is 13.8. The van der Waals surface area contributed by atoms with Crippen LogP contribution in [0.5, 0.6) is 0 Å². The van der Waals surface area contributed by atoms with Crippen molar-refractivity contribution in [2.45, 2.75) is 30.6 Å². The number of carbonyl (C=O) groups excluding carboxylic acids is 3. The molecule has 0 aromatic heterocycles. The number of hydrogen-bond donors (Lipinski definition) is 1. The highest BCUT2D eigenvalue weighted by atomic mass is 35.5. The first-order chi connectivity index (χ1) is 15.7. The van der Waals surface area contributed by atoms with Crippen LogP contribution in [0.3, 0.4) is 0 Å². The first-order valence-corrected chi connectivity index (χ1v) is 11.0. The first-order valence-electron chi connectivity index (χ1n) is 10.6. The van der Waals surface area contributed by atoms with Gasteiger partial charge in [0.25, 0.3) is 0 Å². The molecule has 2 aromatic rings. The number of benzene rings is 2. The summed E-state index contributed by atoms with van der Waals surface area (Å²) in [5.41, 5.74) is -2.51. The van der Waals surface area contributed by atoms with Crippen molar-refractivity contribution in [3.05, 3.63) is 58.6 Å². The van der Waals surface area contributed by atoms with E-state index in [4.69, 9.17) is 11.6 Å². The minimum Gasteiger partial charge on any atom is -0.323 e. The van der Waals surface area contributed by atoms with Crippen LogP contribution < -0.4 is 10.2 Å². The van der Waals surface area contributed by atoms with Crippen molar-refractivity contribution >= 4 is 40.7 Å². The van der Waals surface area contributed by atoms with Crippen LogP contribution in [0.25, 0.3) is 0 Å². The molecule has 0 aliphatic carbocycles. The molecule has 2 aromatic carbocycles. The van der Waals surface area contributed by atoms with Crippen LogP contribution in [0.2, 0.25) is 5.02 Å². The highest BCUT2D eigenvalue weighted by Crippen LogP contribution is 2.61. The predicted octanol–water partition coefficient (Wildman–Crippen LogP) is 3.79. The van der Waals surface area contributed by atoms with Crippen molar-refractivity contribution in [1.29, 1.82) is 0 Å². The van der Waals surface area contributed by atoms with E-state index in [9.17, 15) is 27.6 Å². The molecule has 6 rings (SSSR count). The average molecular weight is 476 g/mol. The van der Waals surface area contributed by atoms with Crippen molar-refractivity contribution in [3.8, 4) is 0 Å². The topological polar surface area (TPSA) is 69.7 Å². The summed E-state index contributed by atoms with van der Waals surface area (Å²) in [6, 6.07) is 9.41. The summed E-state index contributed by atoms with van der Waals surface area (Å²) in [4.78, 5) is 43.7. The Morgan fingerprint density at radius 2 is 1.76 bits per heavy atom. The lowest BCUT2D eigenvalue weighted by Crippen LogP contribution is -2.54. The van der Waals surface area contributed by atoms with Gasteiger partial charge in [-0.15, -0.1) is 0 Å². The van der Waals surface area contributed by atoms with Crippen LogP contribution in [-0.2, 0) is 26.1 Å². The average Bonchev–Trinajstić information content (AvgIpc) is 3.46. The lowest BCUT2D eigenvalue weighted by Gasteiger charge is -2.36. The van der Waals surface area contributed by atoms with Crippen molar-refractivity contribution in [3.63, 3.8) is 0 Å². The molecule has 4 aliphatic heterocycles. The Morgan fingerprint density at radius 1 is 1.03 bits per heavy atom. The Hall–Kier alpha value is -2.91. The van der Waals surface area contributed by atoms with E-state index < -0.39 is 52.9 Å². The second-order valence-electron chi connectivity index (χ2n) is 8.84. The molecule has 1 spiro atoms. The number of amides is 3. The third-order valence-electron chi connectivity index (χ3n) is 7.42. The fraction of sp³-hybridized carbons (Fsp3) is 0.348. The Kier molecular flexibility index (Phi) is 4.12. The molecule has 33 heavy (non-hydrogen) atoms. The zero-order valence-corrected chi connectivity index (χ0v) is 17.8. The molecule has 4 aliphatic rings. The first kappa shape index (κ1) is 20.7. The smallest absolute Gasteiger partial charge is 0.323 e. The van der Waals surface area contributed by atoms with Gasteiger partial charge in [0.2, 0.25) is 17.7 Å². The third kappa shape index (κ3) is 2.46. The minimum atomic E-state index is -4.68. The second kappa shape index (κ2) is 6.57. The Labute approximate surface area is 191 Å². The number of fused-ring (bicyclic) bond motifs is 7. The van der Waals surface area contributed by atoms with E-state index in [0.29, 0.717) is 30.1 Å². The largest absolute Gasteiger partial charge is 0.418 e. The number of halogens is 4. The minimum absolute atomic E-state index is 0.112. The number of nitrogens with one attached hydrogen (secondary N) is 1. The molecule has 10 heteroatoms. The molecule has 0 unspecified atom stereocenters. The van der Waals surface area contributed by atoms with Crippen LogP contribution in [0.4, 0.5) is 24.5 Å². The van der Waals surface area contributed by atoms with E-state index in [1.165, 1.54) is 12.1 Å². The van der Waals surface area contributed by atoms with Crippen molar-refractivity contribution in [2.75, 3.05) is 16.8 Å². The molecular formula is C23H17ClF3N3O3. The molecule has 0 saturated carbocycles. The molecule has 4 heterocycles. The second-order valence-corrected chi connectivity index (χ2v) is 9.28. The standard InChI is InChI=1S/C23H17ClF3N3O3/c24-11-6-8-12(9-7-11)30-19(31)16-15-5-2-10-29(15)22(17(16)20(30)32)13-3-1-4-14(23(25,26)27)18(13)28-21(22)33/h1,3-4,6-9,15-17H,2,5,10H2,(H,28,33)/t15-,16+,17+,22+/m0/s1. The maximum absolute atomic E-state index is 13.8. The molecule has 3 amide bonds. The van der Waals surface area contributed by atoms with E-state index in [-0.39, 0.29) is 11.3 Å². The lowest BCUT2D eigenvalue weighted by molar-refractivity contribution is -0.137. The van der Waals surface area contributed by atoms with Gasteiger partial charge in [-0.05, 0) is 49.7 Å². The molecule has 3 fully saturated rings. The van der Waals surface area contributed by atoms with Crippen molar-refractivity contribution < 1.29 is 27.6 Å². The monoisotopic (exact) mass is 475 g/mol. The maximum Gasteiger partial charge on any atom is 0.418 e. The summed E-state index contributed by atoms with van der Waals surface area (Å²) in [6.07, 6.45) is -3.42. The van der Waals surface area contributed by atoms with Gasteiger partial charge in [0.1, 0.15) is 5.54 Å². The zero-order valence-electron chi connectivity index (χ0n) is 17.0. The van der Waals surface area contributed by atoms with Crippen LogP contribution in [0.15, 0.2) is 42.5 Å². The number of imide groups is 1. The van der Waals surface area contributed by atoms with E-state index in [2.05, 4.69) is 5.32 Å². The predicted molar refractivity (Wildman–Crippen MR) is 112 cm³/mol. The fourth-order valence-corrected chi connectivity index (χ4v) is 6.44. The molecule has 3 saturated heterocycles. The number of para-hydroxylation sites is 1. The number of anilines is 2. The highest BCUT2D eigenvalue weighted by molar-refractivity contribution is 6.31. The lowest BCUT2D eigenvalue weighted by atomic mass is 9.75. The highest BCUT2D eigenvalue weighted by Gasteiger charge is 2.75. The van der Waals surface area contributed by atoms with Crippen LogP contribution in [0, 0.1) is 11.8 Å². The van der Waals surface area contributed by atoms with Gasteiger partial charge in [-0.1, -0.05) is 23.7 Å². The number of nitrogens with zero attached hydrogens (tertiary/aromatic N) is 2. The van der Waals surface area contributed by atoms with E-state index in [1.54, 1.807) is 29.2 Å². The van der Waals surface area contributed by atoms with Gasteiger partial charge in [0.15, 0.2) is 0 Å². The van der Waals surface area contributed by atoms with Crippen molar-refractivity contribution in [1.82, 2.24) is 4.90 Å². The Balaban J connectivity index is 1.56. The summed E-state index contributed by atoms with van der Waals surface area (Å²) in [7, 11) is 0. The Bertz CT molecular complexity index is 1230. The molecular weight excluding hydrogens is 459 g/mol. The van der Waals surface area contributed by atoms with Gasteiger partial charge in [0, 0.05) is 16.6 Å². The van der Waals surface area contributed by atoms with Crippen LogP contribution in [0.1, 0.15) is 24.0 Å². The van der Waals surface area contributed by atoms with E-state index in [1.807, 2.05) is 0 Å². The summed E-state index contributed by atoms with van der Waals surface area (Å²) in [6.45, 7) is 0.419. The van der Waals surface area contributed by atoms with E-state index in [0.717, 1.165) is 11.0 Å². The Morgan fingerprint density at radius 3 is 2.45 bits per heavy atom. The number of alkyl halides is 3. The van der Waals surface area contributed by atoms with Crippen LogP contribution >= 0.6 is 11.6 Å². The van der Waals surface area contributed by atoms with Gasteiger partial charge >= 0.3 is 6.18 Å². The molecule has 6 nitrogen and oxygen atoms in total. The fourth-order valence-electron chi connectivity index (χ4n) is 6.31. The summed E-state index contributed by atoms with van der Waals surface area (Å²) >= 11 is 5.95. The van der Waals surface area contributed by atoms with Gasteiger partial charge in [-0.25, -0.2) is 4.90 Å². The molecule has 0 radical (unpaired) electrons. The van der Waals surface area contributed by atoms with Gasteiger partial charge in [-0.2, -0.15) is 13.2 Å². The molecule has 170 valence electrons. The van der Waals surface area contributed by atoms with E-state index >= 15 is 0 Å². The number of hydrogen-bond acceptors (Lipinski definition) is 4. The SMILES string of the molecule is O=C1[C@@H]2[C@@H]3CCCN3[C@@]3(C(=O)Nc4c(C(F)(F)F)cccc43)[C@H]2C(=O)N1c1ccc(Cl)cc1. The number of carbonyl (C=O) groups is 3. The molecule has 1 N–H and O–H groups in total. The third-order valence-corrected chi connectivity index (χ3v) is 7.67. The quantitative estimate of drug-likeness (QED) is 0.637. The summed E-state index contributed by atoms with van der Waals surface area (Å²) < 4.78 is 41.2. The zero-order chi connectivity index (χ0) is 23.3. The number of rotatable bonds is 1. The summed E-state index contributed by atoms with van der Waals surface area (Å²) in [5, 5.41) is 2.86. The molecule has 4 atom stereocenters. The van der Waals surface area contributed by atoms with Gasteiger partial charge in [0.05, 0.1) is 28.8 Å². The van der Waals surface area contributed by atoms with Crippen LogP contribution in [-0.4, -0.2) is 35.2 Å². The molecule has 0 bridgehead atoms. The van der Waals surface area contributed by atoms with Crippen molar-refractivity contribution in [2.24, 2.45) is 11.8 Å². The van der Waals surface area contributed by atoms with Gasteiger partial charge in [-0.3, -0.25) is 19.3 Å². The summed E-state index contributed by atoms with van der Waals surface area (Å²) in [5.74, 6) is -3.64. The normalized spacial score (nSPS) is 30.7.